The van der Waals surface area contributed by atoms with Gasteiger partial charge in [-0.3, -0.25) is 4.79 Å². The van der Waals surface area contributed by atoms with E-state index in [2.05, 4.69) is 5.32 Å². The second kappa shape index (κ2) is 4.89. The number of anilines is 1. The van der Waals surface area contributed by atoms with Gasteiger partial charge in [0.2, 0.25) is 0 Å². The normalized spacial score (nSPS) is 16.4. The number of hydrogen-bond donors (Lipinski definition) is 3. The molecule has 0 aliphatic heterocycles. The smallest absolute Gasteiger partial charge is 0.254 e. The van der Waals surface area contributed by atoms with Gasteiger partial charge in [0, 0.05) is 6.54 Å². The van der Waals surface area contributed by atoms with E-state index in [4.69, 9.17) is 5.73 Å². The van der Waals surface area contributed by atoms with Gasteiger partial charge in [-0.15, -0.1) is 0 Å². The van der Waals surface area contributed by atoms with Crippen LogP contribution in [0, 0.1) is 17.6 Å². The molecule has 1 aliphatic rings. The summed E-state index contributed by atoms with van der Waals surface area (Å²) in [6.45, 7) is 0.0271. The van der Waals surface area contributed by atoms with Crippen LogP contribution in [0.4, 0.5) is 14.5 Å². The van der Waals surface area contributed by atoms with Crippen LogP contribution < -0.4 is 11.1 Å². The average Bonchev–Trinajstić information content (AvgIpc) is 3.14. The third-order valence-electron chi connectivity index (χ3n) is 2.95. The molecule has 1 saturated carbocycles. The van der Waals surface area contributed by atoms with Crippen LogP contribution in [0.25, 0.3) is 0 Å². The molecule has 1 atom stereocenters. The van der Waals surface area contributed by atoms with Crippen molar-refractivity contribution in [1.82, 2.24) is 5.32 Å². The predicted octanol–water partition coefficient (Wildman–Crippen LogP) is 1.05. The van der Waals surface area contributed by atoms with Crippen LogP contribution in [0.3, 0.4) is 0 Å². The van der Waals surface area contributed by atoms with E-state index in [0.29, 0.717) is 0 Å². The van der Waals surface area contributed by atoms with Crippen molar-refractivity contribution in [3.8, 4) is 0 Å². The lowest BCUT2D eigenvalue weighted by Crippen LogP contribution is -2.33. The maximum absolute atomic E-state index is 13.5. The quantitative estimate of drug-likeness (QED) is 0.705. The van der Waals surface area contributed by atoms with Gasteiger partial charge in [0.05, 0.1) is 17.4 Å². The highest BCUT2D eigenvalue weighted by Crippen LogP contribution is 2.32. The van der Waals surface area contributed by atoms with Crippen LogP contribution in [-0.4, -0.2) is 23.7 Å². The molecule has 6 heteroatoms. The zero-order valence-electron chi connectivity index (χ0n) is 9.62. The first-order valence-electron chi connectivity index (χ1n) is 5.70. The minimum Gasteiger partial charge on any atom is -0.396 e. The number of aliphatic hydroxyl groups is 1. The highest BCUT2D eigenvalue weighted by molar-refractivity contribution is 5.95. The number of benzene rings is 1. The predicted molar refractivity (Wildman–Crippen MR) is 61.8 cm³/mol. The molecule has 0 saturated heterocycles. The Bertz CT molecular complexity index is 475. The van der Waals surface area contributed by atoms with Crippen molar-refractivity contribution in [2.24, 2.45) is 5.92 Å². The third-order valence-corrected chi connectivity index (χ3v) is 2.95. The standard InChI is InChI=1S/C12H14F2N2O2/c13-7-3-8(11(14)9(15)4-7)12(18)16-5-10(17)6-1-2-6/h3-4,6,10,17H,1-2,5,15H2,(H,16,18). The third kappa shape index (κ3) is 2.76. The molecular formula is C12H14F2N2O2. The van der Waals surface area contributed by atoms with E-state index in [1.807, 2.05) is 0 Å². The first-order chi connectivity index (χ1) is 8.49. The van der Waals surface area contributed by atoms with Gasteiger partial charge in [0.15, 0.2) is 5.82 Å². The summed E-state index contributed by atoms with van der Waals surface area (Å²) in [6.07, 6.45) is 1.22. The molecular weight excluding hydrogens is 242 g/mol. The summed E-state index contributed by atoms with van der Waals surface area (Å²) in [7, 11) is 0. The Morgan fingerprint density at radius 3 is 2.78 bits per heavy atom. The Labute approximate surface area is 103 Å². The van der Waals surface area contributed by atoms with E-state index in [-0.39, 0.29) is 12.5 Å². The number of hydrogen-bond acceptors (Lipinski definition) is 3. The van der Waals surface area contributed by atoms with Crippen molar-refractivity contribution in [2.75, 3.05) is 12.3 Å². The first-order valence-corrected chi connectivity index (χ1v) is 5.70. The fourth-order valence-electron chi connectivity index (χ4n) is 1.72. The summed E-state index contributed by atoms with van der Waals surface area (Å²) in [4.78, 5) is 11.6. The van der Waals surface area contributed by atoms with Crippen molar-refractivity contribution in [2.45, 2.75) is 18.9 Å². The molecule has 1 aromatic carbocycles. The van der Waals surface area contributed by atoms with Crippen molar-refractivity contribution >= 4 is 11.6 Å². The lowest BCUT2D eigenvalue weighted by molar-refractivity contribution is 0.0897. The number of nitrogen functional groups attached to an aromatic ring is 1. The zero-order chi connectivity index (χ0) is 13.3. The number of aliphatic hydroxyl groups excluding tert-OH is 1. The minimum absolute atomic E-state index is 0.0271. The molecule has 0 radical (unpaired) electrons. The summed E-state index contributed by atoms with van der Waals surface area (Å²) in [6, 6.07) is 1.59. The molecule has 1 unspecified atom stereocenters. The Kier molecular flexibility index (Phi) is 3.47. The second-order valence-corrected chi connectivity index (χ2v) is 4.47. The van der Waals surface area contributed by atoms with Crippen LogP contribution in [-0.2, 0) is 0 Å². The topological polar surface area (TPSA) is 75.4 Å². The van der Waals surface area contributed by atoms with Crippen LogP contribution in [0.15, 0.2) is 12.1 Å². The van der Waals surface area contributed by atoms with E-state index in [1.165, 1.54) is 0 Å². The molecule has 1 aromatic rings. The van der Waals surface area contributed by atoms with Gasteiger partial charge >= 0.3 is 0 Å². The fraction of sp³-hybridized carbons (Fsp3) is 0.417. The lowest BCUT2D eigenvalue weighted by Gasteiger charge is -2.11. The van der Waals surface area contributed by atoms with E-state index in [9.17, 15) is 18.7 Å². The fourth-order valence-corrected chi connectivity index (χ4v) is 1.72. The van der Waals surface area contributed by atoms with E-state index in [0.717, 1.165) is 25.0 Å². The number of amides is 1. The molecule has 18 heavy (non-hydrogen) atoms. The Balaban J connectivity index is 2.03. The van der Waals surface area contributed by atoms with E-state index < -0.39 is 34.9 Å². The van der Waals surface area contributed by atoms with Gasteiger partial charge in [-0.05, 0) is 30.9 Å². The zero-order valence-corrected chi connectivity index (χ0v) is 9.62. The highest BCUT2D eigenvalue weighted by atomic mass is 19.1. The molecule has 0 heterocycles. The first kappa shape index (κ1) is 12.8. The number of nitrogens with two attached hydrogens (primary N) is 1. The Hall–Kier alpha value is -1.69. The molecule has 4 N–H and O–H groups in total. The lowest BCUT2D eigenvalue weighted by atomic mass is 10.1. The van der Waals surface area contributed by atoms with Gasteiger partial charge in [-0.2, -0.15) is 0 Å². The maximum atomic E-state index is 13.5. The van der Waals surface area contributed by atoms with Crippen LogP contribution >= 0.6 is 0 Å². The molecule has 4 nitrogen and oxygen atoms in total. The highest BCUT2D eigenvalue weighted by Gasteiger charge is 2.30. The molecule has 1 fully saturated rings. The molecule has 1 aliphatic carbocycles. The SMILES string of the molecule is Nc1cc(F)cc(C(=O)NCC(O)C2CC2)c1F. The number of rotatable bonds is 4. The molecule has 1 amide bonds. The van der Waals surface area contributed by atoms with Crippen LogP contribution in [0.5, 0.6) is 0 Å². The molecule has 0 bridgehead atoms. The van der Waals surface area contributed by atoms with Gasteiger partial charge in [0.1, 0.15) is 5.82 Å². The largest absolute Gasteiger partial charge is 0.396 e. The van der Waals surface area contributed by atoms with Crippen molar-refractivity contribution in [3.63, 3.8) is 0 Å². The maximum Gasteiger partial charge on any atom is 0.254 e. The van der Waals surface area contributed by atoms with Crippen molar-refractivity contribution < 1.29 is 18.7 Å². The molecule has 2 rings (SSSR count). The van der Waals surface area contributed by atoms with Crippen molar-refractivity contribution in [3.05, 3.63) is 29.3 Å². The Morgan fingerprint density at radius 1 is 1.50 bits per heavy atom. The molecule has 0 spiro atoms. The summed E-state index contributed by atoms with van der Waals surface area (Å²) < 4.78 is 26.5. The number of carbonyl (C=O) groups excluding carboxylic acids is 1. The average molecular weight is 256 g/mol. The number of carbonyl (C=O) groups is 1. The van der Waals surface area contributed by atoms with Crippen LogP contribution in [0.2, 0.25) is 0 Å². The Morgan fingerprint density at radius 2 is 2.17 bits per heavy atom. The van der Waals surface area contributed by atoms with Gasteiger partial charge in [-0.25, -0.2) is 8.78 Å². The van der Waals surface area contributed by atoms with Gasteiger partial charge in [0.25, 0.3) is 5.91 Å². The summed E-state index contributed by atoms with van der Waals surface area (Å²) in [5.41, 5.74) is 4.37. The van der Waals surface area contributed by atoms with Gasteiger partial charge in [-0.1, -0.05) is 0 Å². The second-order valence-electron chi connectivity index (χ2n) is 4.47. The minimum atomic E-state index is -0.949. The molecule has 98 valence electrons. The summed E-state index contributed by atoms with van der Waals surface area (Å²) in [5.74, 6) is -2.30. The molecule has 0 aromatic heterocycles. The monoisotopic (exact) mass is 256 g/mol. The van der Waals surface area contributed by atoms with Crippen LogP contribution in [0.1, 0.15) is 23.2 Å². The summed E-state index contributed by atoms with van der Waals surface area (Å²) >= 11 is 0. The van der Waals surface area contributed by atoms with E-state index >= 15 is 0 Å². The number of nitrogens with one attached hydrogen (secondary N) is 1. The number of halogens is 2. The van der Waals surface area contributed by atoms with E-state index in [1.54, 1.807) is 0 Å². The van der Waals surface area contributed by atoms with Crippen molar-refractivity contribution in [1.29, 1.82) is 0 Å². The van der Waals surface area contributed by atoms with Gasteiger partial charge < -0.3 is 16.2 Å². The summed E-state index contributed by atoms with van der Waals surface area (Å²) in [5, 5.41) is 11.9.